The summed E-state index contributed by atoms with van der Waals surface area (Å²) in [7, 11) is 1.67. The Hall–Kier alpha value is -2.90. The van der Waals surface area contributed by atoms with Gasteiger partial charge in [-0.2, -0.15) is 5.10 Å². The number of halogens is 4. The molecule has 0 saturated heterocycles. The monoisotopic (exact) mass is 407 g/mol. The lowest BCUT2D eigenvalue weighted by Crippen LogP contribution is -2.48. The molecule has 2 aliphatic rings. The van der Waals surface area contributed by atoms with Crippen LogP contribution in [0.15, 0.2) is 70.0 Å². The Labute approximate surface area is 166 Å². The fraction of sp³-hybridized carbons (Fsp3) is 0.333. The molecule has 0 atom stereocenters. The van der Waals surface area contributed by atoms with Gasteiger partial charge in [-0.1, -0.05) is 30.7 Å². The van der Waals surface area contributed by atoms with Gasteiger partial charge in [0, 0.05) is 7.05 Å². The van der Waals surface area contributed by atoms with Crippen LogP contribution in [0.25, 0.3) is 0 Å². The van der Waals surface area contributed by atoms with Crippen LogP contribution in [0.4, 0.5) is 17.6 Å². The molecule has 0 bridgehead atoms. The van der Waals surface area contributed by atoms with Crippen molar-refractivity contribution in [1.29, 1.82) is 0 Å². The maximum Gasteiger partial charge on any atom is 0.573 e. The quantitative estimate of drug-likeness (QED) is 0.317. The molecule has 1 N–H and O–H groups in total. The molecule has 0 aliphatic heterocycles. The van der Waals surface area contributed by atoms with Crippen LogP contribution in [-0.2, 0) is 10.2 Å². The molecule has 29 heavy (non-hydrogen) atoms. The third-order valence-electron chi connectivity index (χ3n) is 5.01. The summed E-state index contributed by atoms with van der Waals surface area (Å²) in [6.45, 7) is 0. The summed E-state index contributed by atoms with van der Waals surface area (Å²) >= 11 is 0. The van der Waals surface area contributed by atoms with E-state index >= 15 is 0 Å². The van der Waals surface area contributed by atoms with Gasteiger partial charge >= 0.3 is 6.36 Å². The first kappa shape index (κ1) is 20.8. The Morgan fingerprint density at radius 3 is 2.48 bits per heavy atom. The number of hydrazone groups is 1. The number of rotatable bonds is 5. The maximum absolute atomic E-state index is 13.3. The smallest absolute Gasteiger partial charge is 0.406 e. The van der Waals surface area contributed by atoms with Crippen LogP contribution in [0.1, 0.15) is 31.2 Å². The predicted molar refractivity (Wildman–Crippen MR) is 104 cm³/mol. The second kappa shape index (κ2) is 8.63. The van der Waals surface area contributed by atoms with Crippen molar-refractivity contribution in [3.05, 3.63) is 71.3 Å². The average molecular weight is 407 g/mol. The number of allylic oxidation sites excluding steroid dienone is 5. The summed E-state index contributed by atoms with van der Waals surface area (Å²) in [6.07, 6.45) is 5.62. The van der Waals surface area contributed by atoms with Crippen LogP contribution in [0.2, 0.25) is 0 Å². The highest BCUT2D eigenvalue weighted by atomic mass is 19.4. The highest BCUT2D eigenvalue weighted by molar-refractivity contribution is 5.94. The SMILES string of the molecule is CN=C(N/N=C/C1=CC=C(OC(F)(F)F)C=CC1)C1(c2ccc(F)cc2)CCC1. The van der Waals surface area contributed by atoms with Crippen molar-refractivity contribution in [3.63, 3.8) is 0 Å². The zero-order valence-corrected chi connectivity index (χ0v) is 15.8. The van der Waals surface area contributed by atoms with Gasteiger partial charge < -0.3 is 4.74 Å². The van der Waals surface area contributed by atoms with Crippen LogP contribution in [-0.4, -0.2) is 25.5 Å². The second-order valence-corrected chi connectivity index (χ2v) is 6.85. The summed E-state index contributed by atoms with van der Waals surface area (Å²) in [5.74, 6) is 0.0990. The number of nitrogens with zero attached hydrogens (tertiary/aromatic N) is 2. The zero-order chi connectivity index (χ0) is 20.9. The molecule has 3 rings (SSSR count). The van der Waals surface area contributed by atoms with E-state index in [0.29, 0.717) is 17.8 Å². The van der Waals surface area contributed by atoms with Crippen molar-refractivity contribution in [2.75, 3.05) is 7.05 Å². The van der Waals surface area contributed by atoms with E-state index < -0.39 is 6.36 Å². The summed E-state index contributed by atoms with van der Waals surface area (Å²) in [6, 6.07) is 6.39. The Kier molecular flexibility index (Phi) is 6.20. The maximum atomic E-state index is 13.3. The van der Waals surface area contributed by atoms with Gasteiger partial charge in [0.25, 0.3) is 0 Å². The number of ether oxygens (including phenoxy) is 1. The van der Waals surface area contributed by atoms with Crippen LogP contribution < -0.4 is 5.43 Å². The number of amidine groups is 1. The Balaban J connectivity index is 1.70. The number of aliphatic imine (C=N–C) groups is 1. The van der Waals surface area contributed by atoms with Gasteiger partial charge in [-0.05, 0) is 54.7 Å². The van der Waals surface area contributed by atoms with E-state index in [-0.39, 0.29) is 17.0 Å². The number of benzene rings is 1. The van der Waals surface area contributed by atoms with E-state index in [4.69, 9.17) is 0 Å². The molecule has 0 amide bonds. The molecule has 154 valence electrons. The topological polar surface area (TPSA) is 46.0 Å². The van der Waals surface area contributed by atoms with Crippen LogP contribution in [0, 0.1) is 5.82 Å². The third kappa shape index (κ3) is 5.13. The minimum Gasteiger partial charge on any atom is -0.406 e. The van der Waals surface area contributed by atoms with Gasteiger partial charge in [0.1, 0.15) is 17.4 Å². The van der Waals surface area contributed by atoms with Crippen molar-refractivity contribution >= 4 is 12.1 Å². The van der Waals surface area contributed by atoms with Crippen LogP contribution in [0.5, 0.6) is 0 Å². The molecule has 8 heteroatoms. The summed E-state index contributed by atoms with van der Waals surface area (Å²) in [5.41, 5.74) is 4.32. The minimum atomic E-state index is -4.73. The summed E-state index contributed by atoms with van der Waals surface area (Å²) in [5, 5.41) is 4.22. The number of nitrogens with one attached hydrogen (secondary N) is 1. The molecule has 0 unspecified atom stereocenters. The first-order valence-electron chi connectivity index (χ1n) is 9.18. The standard InChI is InChI=1S/C21H21F4N3O/c1-26-19(20(12-3-13-20)16-7-9-17(22)10-8-16)28-27-14-15-4-2-5-18(11-6-15)29-21(23,24)25/h2,5-11,14H,3-4,12-13H2,1H3,(H,26,28)/b27-14+. The molecule has 0 heterocycles. The van der Waals surface area contributed by atoms with Gasteiger partial charge in [-0.15, -0.1) is 13.2 Å². The molecule has 1 saturated carbocycles. The molecule has 0 aromatic heterocycles. The number of hydrogen-bond donors (Lipinski definition) is 1. The molecular formula is C21H21F4N3O. The van der Waals surface area contributed by atoms with E-state index in [1.54, 1.807) is 31.5 Å². The molecule has 1 aromatic rings. The summed E-state index contributed by atoms with van der Waals surface area (Å²) < 4.78 is 54.2. The largest absolute Gasteiger partial charge is 0.573 e. The minimum absolute atomic E-state index is 0.283. The highest BCUT2D eigenvalue weighted by Gasteiger charge is 2.43. The lowest BCUT2D eigenvalue weighted by Gasteiger charge is -2.42. The molecule has 1 fully saturated rings. The fourth-order valence-corrected chi connectivity index (χ4v) is 3.43. The number of alkyl halides is 3. The lowest BCUT2D eigenvalue weighted by atomic mass is 9.63. The van der Waals surface area contributed by atoms with E-state index in [0.717, 1.165) is 24.8 Å². The molecule has 2 aliphatic carbocycles. The molecule has 0 spiro atoms. The van der Waals surface area contributed by atoms with E-state index in [1.807, 2.05) is 0 Å². The predicted octanol–water partition coefficient (Wildman–Crippen LogP) is 5.16. The Bertz CT molecular complexity index is 876. The van der Waals surface area contributed by atoms with E-state index in [2.05, 4.69) is 20.3 Å². The van der Waals surface area contributed by atoms with Crippen molar-refractivity contribution in [3.8, 4) is 0 Å². The first-order valence-corrected chi connectivity index (χ1v) is 9.18. The van der Waals surface area contributed by atoms with Crippen molar-refractivity contribution in [1.82, 2.24) is 5.43 Å². The third-order valence-corrected chi connectivity index (χ3v) is 5.01. The molecule has 4 nitrogen and oxygen atoms in total. The molecule has 0 radical (unpaired) electrons. The first-order chi connectivity index (χ1) is 13.8. The second-order valence-electron chi connectivity index (χ2n) is 6.85. The Morgan fingerprint density at radius 1 is 1.17 bits per heavy atom. The molecule has 1 aromatic carbocycles. The fourth-order valence-electron chi connectivity index (χ4n) is 3.43. The van der Waals surface area contributed by atoms with E-state index in [9.17, 15) is 17.6 Å². The van der Waals surface area contributed by atoms with Crippen LogP contribution >= 0.6 is 0 Å². The van der Waals surface area contributed by atoms with Gasteiger partial charge in [0.05, 0.1) is 11.6 Å². The number of hydrogen-bond acceptors (Lipinski definition) is 3. The van der Waals surface area contributed by atoms with E-state index in [1.165, 1.54) is 30.4 Å². The van der Waals surface area contributed by atoms with Crippen LogP contribution in [0.3, 0.4) is 0 Å². The summed E-state index contributed by atoms with van der Waals surface area (Å²) in [4.78, 5) is 4.34. The Morgan fingerprint density at radius 2 is 1.90 bits per heavy atom. The lowest BCUT2D eigenvalue weighted by molar-refractivity contribution is -0.303. The van der Waals surface area contributed by atoms with Crippen molar-refractivity contribution in [2.24, 2.45) is 10.1 Å². The van der Waals surface area contributed by atoms with Gasteiger partial charge in [0.2, 0.25) is 0 Å². The van der Waals surface area contributed by atoms with Gasteiger partial charge in [-0.3, -0.25) is 10.4 Å². The van der Waals surface area contributed by atoms with Crippen molar-refractivity contribution in [2.45, 2.75) is 37.5 Å². The van der Waals surface area contributed by atoms with Gasteiger partial charge in [0.15, 0.2) is 0 Å². The zero-order valence-electron chi connectivity index (χ0n) is 15.8. The van der Waals surface area contributed by atoms with Crippen molar-refractivity contribution < 1.29 is 22.3 Å². The molecular weight excluding hydrogens is 386 g/mol. The normalized spacial score (nSPS) is 19.3. The highest BCUT2D eigenvalue weighted by Crippen LogP contribution is 2.44. The average Bonchev–Trinajstić information content (AvgIpc) is 2.84. The van der Waals surface area contributed by atoms with Gasteiger partial charge in [-0.25, -0.2) is 4.39 Å².